The van der Waals surface area contributed by atoms with Gasteiger partial charge in [-0.1, -0.05) is 18.2 Å². The summed E-state index contributed by atoms with van der Waals surface area (Å²) in [6.45, 7) is 1.02. The van der Waals surface area contributed by atoms with Gasteiger partial charge in [-0.2, -0.15) is 4.31 Å². The number of fused-ring (bicyclic) bond motifs is 1. The second kappa shape index (κ2) is 4.97. The molecule has 0 amide bonds. The average molecular weight is 271 g/mol. The van der Waals surface area contributed by atoms with Crippen LogP contribution in [-0.4, -0.2) is 37.8 Å². The van der Waals surface area contributed by atoms with Crippen LogP contribution in [0.1, 0.15) is 22.8 Å². The van der Waals surface area contributed by atoms with Crippen LogP contribution < -0.4 is 0 Å². The first-order chi connectivity index (χ1) is 8.41. The molecule has 5 nitrogen and oxygen atoms in total. The summed E-state index contributed by atoms with van der Waals surface area (Å²) in [4.78, 5) is 0. The van der Waals surface area contributed by atoms with Crippen LogP contribution in [-0.2, 0) is 27.8 Å². The Bertz CT molecular complexity index is 541. The number of nitrogens with zero attached hydrogens (tertiary/aromatic N) is 1. The van der Waals surface area contributed by atoms with Crippen LogP contribution in [0.25, 0.3) is 0 Å². The van der Waals surface area contributed by atoms with Crippen LogP contribution in [0.3, 0.4) is 0 Å². The molecule has 0 radical (unpaired) electrons. The minimum Gasteiger partial charge on any atom is -0.386 e. The van der Waals surface area contributed by atoms with E-state index in [1.807, 2.05) is 18.2 Å². The van der Waals surface area contributed by atoms with E-state index in [1.165, 1.54) is 17.7 Å². The molecule has 1 atom stereocenters. The third kappa shape index (κ3) is 2.72. The lowest BCUT2D eigenvalue weighted by Gasteiger charge is -2.11. The molecule has 1 N–H and O–H groups in total. The van der Waals surface area contributed by atoms with Gasteiger partial charge in [0.2, 0.25) is 10.0 Å². The fourth-order valence-corrected chi connectivity index (χ4v) is 2.83. The lowest BCUT2D eigenvalue weighted by atomic mass is 10.0. The normalized spacial score (nSPS) is 17.7. The van der Waals surface area contributed by atoms with Crippen LogP contribution >= 0.6 is 0 Å². The molecule has 0 bridgehead atoms. The Hall–Kier alpha value is -0.950. The highest BCUT2D eigenvalue weighted by atomic mass is 32.2. The van der Waals surface area contributed by atoms with Crippen LogP contribution in [0, 0.1) is 0 Å². The van der Waals surface area contributed by atoms with E-state index in [0.29, 0.717) is 13.1 Å². The molecule has 1 heterocycles. The molecule has 2 rings (SSSR count). The number of aliphatic hydroxyl groups is 1. The van der Waals surface area contributed by atoms with E-state index in [0.717, 1.165) is 16.7 Å². The number of methoxy groups -OCH3 is 1. The van der Waals surface area contributed by atoms with E-state index in [2.05, 4.69) is 0 Å². The molecule has 100 valence electrons. The van der Waals surface area contributed by atoms with Gasteiger partial charge in [-0.05, 0) is 16.7 Å². The summed E-state index contributed by atoms with van der Waals surface area (Å²) in [7, 11) is -1.64. The minimum atomic E-state index is -3.17. The Morgan fingerprint density at radius 1 is 1.39 bits per heavy atom. The Kier molecular flexibility index (Phi) is 3.72. The molecule has 18 heavy (non-hydrogen) atoms. The van der Waals surface area contributed by atoms with Gasteiger partial charge in [0.1, 0.15) is 6.10 Å². The topological polar surface area (TPSA) is 66.8 Å². The first-order valence-electron chi connectivity index (χ1n) is 5.65. The lowest BCUT2D eigenvalue weighted by Crippen LogP contribution is -2.23. The van der Waals surface area contributed by atoms with E-state index >= 15 is 0 Å². The molecule has 6 heteroatoms. The van der Waals surface area contributed by atoms with Crippen molar-refractivity contribution in [3.8, 4) is 0 Å². The molecule has 1 aromatic rings. The quantitative estimate of drug-likeness (QED) is 0.873. The van der Waals surface area contributed by atoms with Crippen molar-refractivity contribution in [3.63, 3.8) is 0 Å². The van der Waals surface area contributed by atoms with E-state index < -0.39 is 16.1 Å². The summed E-state index contributed by atoms with van der Waals surface area (Å²) in [5.74, 6) is 0. The number of hydrogen-bond donors (Lipinski definition) is 1. The SMILES string of the molecule is COCC(O)c1ccc2c(c1)CN(S(C)(=O)=O)C2. The van der Waals surface area contributed by atoms with E-state index in [-0.39, 0.29) is 6.61 Å². The zero-order valence-electron chi connectivity index (χ0n) is 10.5. The molecule has 0 saturated carbocycles. The highest BCUT2D eigenvalue weighted by molar-refractivity contribution is 7.88. The summed E-state index contributed by atoms with van der Waals surface area (Å²) in [6.07, 6.45) is 0.534. The molecule has 1 unspecified atom stereocenters. The monoisotopic (exact) mass is 271 g/mol. The van der Waals surface area contributed by atoms with Crippen molar-refractivity contribution in [1.82, 2.24) is 4.31 Å². The Morgan fingerprint density at radius 2 is 2.06 bits per heavy atom. The highest BCUT2D eigenvalue weighted by Crippen LogP contribution is 2.27. The number of benzene rings is 1. The smallest absolute Gasteiger partial charge is 0.211 e. The van der Waals surface area contributed by atoms with Gasteiger partial charge in [0.05, 0.1) is 12.9 Å². The van der Waals surface area contributed by atoms with Crippen molar-refractivity contribution < 1.29 is 18.3 Å². The van der Waals surface area contributed by atoms with Gasteiger partial charge in [0, 0.05) is 20.2 Å². The second-order valence-corrected chi connectivity index (χ2v) is 6.51. The number of hydrogen-bond acceptors (Lipinski definition) is 4. The summed E-state index contributed by atoms with van der Waals surface area (Å²) < 4.78 is 29.3. The van der Waals surface area contributed by atoms with Gasteiger partial charge < -0.3 is 9.84 Å². The summed E-state index contributed by atoms with van der Waals surface area (Å²) in [6, 6.07) is 5.53. The zero-order valence-corrected chi connectivity index (χ0v) is 11.3. The molecule has 1 aromatic carbocycles. The first-order valence-corrected chi connectivity index (χ1v) is 7.50. The van der Waals surface area contributed by atoms with Crippen molar-refractivity contribution in [1.29, 1.82) is 0 Å². The van der Waals surface area contributed by atoms with E-state index in [9.17, 15) is 13.5 Å². The predicted octanol–water partition coefficient (Wildman–Crippen LogP) is 0.642. The molecule has 0 spiro atoms. The summed E-state index contributed by atoms with van der Waals surface area (Å²) >= 11 is 0. The number of aliphatic hydroxyl groups excluding tert-OH is 1. The first kappa shape index (κ1) is 13.5. The van der Waals surface area contributed by atoms with Crippen LogP contribution in [0.15, 0.2) is 18.2 Å². The van der Waals surface area contributed by atoms with Gasteiger partial charge in [-0.15, -0.1) is 0 Å². The van der Waals surface area contributed by atoms with E-state index in [4.69, 9.17) is 4.74 Å². The van der Waals surface area contributed by atoms with Crippen molar-refractivity contribution in [3.05, 3.63) is 34.9 Å². The Balaban J connectivity index is 2.22. The van der Waals surface area contributed by atoms with E-state index in [1.54, 1.807) is 0 Å². The maximum atomic E-state index is 11.5. The van der Waals surface area contributed by atoms with Gasteiger partial charge in [0.15, 0.2) is 0 Å². The van der Waals surface area contributed by atoms with Gasteiger partial charge in [0.25, 0.3) is 0 Å². The minimum absolute atomic E-state index is 0.231. The maximum Gasteiger partial charge on any atom is 0.211 e. The van der Waals surface area contributed by atoms with Crippen LogP contribution in [0.2, 0.25) is 0 Å². The molecule has 0 aliphatic carbocycles. The molecule has 1 aliphatic rings. The highest BCUT2D eigenvalue weighted by Gasteiger charge is 2.26. The summed E-state index contributed by atoms with van der Waals surface area (Å²) in [5.41, 5.74) is 2.70. The third-order valence-corrected chi connectivity index (χ3v) is 4.30. The van der Waals surface area contributed by atoms with Crippen molar-refractivity contribution in [2.75, 3.05) is 20.0 Å². The number of sulfonamides is 1. The largest absolute Gasteiger partial charge is 0.386 e. The van der Waals surface area contributed by atoms with Crippen LogP contribution in [0.5, 0.6) is 0 Å². The Morgan fingerprint density at radius 3 is 2.67 bits per heavy atom. The van der Waals surface area contributed by atoms with Crippen LogP contribution in [0.4, 0.5) is 0 Å². The fourth-order valence-electron chi connectivity index (χ4n) is 2.08. The van der Waals surface area contributed by atoms with Gasteiger partial charge >= 0.3 is 0 Å². The molecular weight excluding hydrogens is 254 g/mol. The molecule has 0 aromatic heterocycles. The maximum absolute atomic E-state index is 11.5. The third-order valence-electron chi connectivity index (χ3n) is 3.10. The average Bonchev–Trinajstić information content (AvgIpc) is 2.71. The standard InChI is InChI=1S/C12H17NO4S/c1-17-8-12(14)9-3-4-10-6-13(18(2,15)16)7-11(10)5-9/h3-5,12,14H,6-8H2,1-2H3. The second-order valence-electron chi connectivity index (χ2n) is 4.53. The number of rotatable bonds is 4. The molecule has 1 aliphatic heterocycles. The lowest BCUT2D eigenvalue weighted by molar-refractivity contribution is 0.0643. The zero-order chi connectivity index (χ0) is 13.3. The number of ether oxygens (including phenoxy) is 1. The van der Waals surface area contributed by atoms with Gasteiger partial charge in [-0.3, -0.25) is 0 Å². The molecular formula is C12H17NO4S. The van der Waals surface area contributed by atoms with Crippen molar-refractivity contribution >= 4 is 10.0 Å². The predicted molar refractivity (Wildman–Crippen MR) is 67.4 cm³/mol. The fraction of sp³-hybridized carbons (Fsp3) is 0.500. The summed E-state index contributed by atoms with van der Waals surface area (Å²) in [5, 5.41) is 9.82. The molecule has 0 saturated heterocycles. The van der Waals surface area contributed by atoms with Crippen molar-refractivity contribution in [2.24, 2.45) is 0 Å². The molecule has 0 fully saturated rings. The van der Waals surface area contributed by atoms with Crippen molar-refractivity contribution in [2.45, 2.75) is 19.2 Å². The Labute approximate surface area is 107 Å². The van der Waals surface area contributed by atoms with Gasteiger partial charge in [-0.25, -0.2) is 8.42 Å².